The van der Waals surface area contributed by atoms with Crippen LogP contribution in [0.3, 0.4) is 0 Å². The van der Waals surface area contributed by atoms with E-state index >= 15 is 0 Å². The molecule has 0 spiro atoms. The van der Waals surface area contributed by atoms with Crippen molar-refractivity contribution < 1.29 is 4.79 Å². The molecule has 0 saturated carbocycles. The van der Waals surface area contributed by atoms with Crippen molar-refractivity contribution in [2.45, 2.75) is 25.7 Å². The van der Waals surface area contributed by atoms with E-state index < -0.39 is 0 Å². The van der Waals surface area contributed by atoms with Gasteiger partial charge in [-0.15, -0.1) is 0 Å². The van der Waals surface area contributed by atoms with Crippen molar-refractivity contribution >= 4 is 16.8 Å². The molecule has 1 aliphatic heterocycles. The Bertz CT molecular complexity index is 961. The molecule has 1 fully saturated rings. The monoisotopic (exact) mass is 375 g/mol. The van der Waals surface area contributed by atoms with Crippen LogP contribution in [0.2, 0.25) is 0 Å². The Morgan fingerprint density at radius 2 is 1.96 bits per heavy atom. The molecule has 2 heterocycles. The maximum atomic E-state index is 12.7. The SMILES string of the molecule is Cc1cccc2c1cc(C(=O)NCCN1CCCC(c3ccccc3)C1)n2C. The van der Waals surface area contributed by atoms with Gasteiger partial charge < -0.3 is 14.8 Å². The molecule has 146 valence electrons. The van der Waals surface area contributed by atoms with Crippen molar-refractivity contribution in [3.63, 3.8) is 0 Å². The van der Waals surface area contributed by atoms with Crippen molar-refractivity contribution in [3.05, 3.63) is 71.4 Å². The number of aryl methyl sites for hydroxylation is 2. The molecule has 3 aromatic rings. The van der Waals surface area contributed by atoms with Crippen LogP contribution < -0.4 is 5.32 Å². The van der Waals surface area contributed by atoms with Crippen LogP contribution in [0.25, 0.3) is 10.9 Å². The molecule has 0 aliphatic carbocycles. The number of aromatic nitrogens is 1. The predicted molar refractivity (Wildman–Crippen MR) is 115 cm³/mol. The second-order valence-electron chi connectivity index (χ2n) is 7.90. The fourth-order valence-electron chi connectivity index (χ4n) is 4.40. The highest BCUT2D eigenvalue weighted by Crippen LogP contribution is 2.26. The zero-order valence-electron chi connectivity index (χ0n) is 16.8. The van der Waals surface area contributed by atoms with E-state index in [0.717, 1.165) is 36.2 Å². The van der Waals surface area contributed by atoms with Gasteiger partial charge in [0.2, 0.25) is 0 Å². The number of nitrogens with one attached hydrogen (secondary N) is 1. The topological polar surface area (TPSA) is 37.3 Å². The molecule has 1 aliphatic rings. The fourth-order valence-corrected chi connectivity index (χ4v) is 4.40. The van der Waals surface area contributed by atoms with Crippen LogP contribution >= 0.6 is 0 Å². The quantitative estimate of drug-likeness (QED) is 0.729. The van der Waals surface area contributed by atoms with Gasteiger partial charge >= 0.3 is 0 Å². The number of likely N-dealkylation sites (tertiary alicyclic amines) is 1. The molecule has 0 bridgehead atoms. The molecule has 1 atom stereocenters. The Hall–Kier alpha value is -2.59. The van der Waals surface area contributed by atoms with Crippen molar-refractivity contribution in [2.75, 3.05) is 26.2 Å². The molecule has 1 amide bonds. The zero-order chi connectivity index (χ0) is 19.5. The molecule has 1 N–H and O–H groups in total. The van der Waals surface area contributed by atoms with Gasteiger partial charge in [-0.25, -0.2) is 0 Å². The van der Waals surface area contributed by atoms with Gasteiger partial charge in [-0.1, -0.05) is 42.5 Å². The van der Waals surface area contributed by atoms with Gasteiger partial charge in [0.25, 0.3) is 5.91 Å². The minimum Gasteiger partial charge on any atom is -0.349 e. The largest absolute Gasteiger partial charge is 0.349 e. The van der Waals surface area contributed by atoms with Crippen LogP contribution in [-0.2, 0) is 7.05 Å². The number of carbonyl (C=O) groups is 1. The van der Waals surface area contributed by atoms with E-state index in [1.165, 1.54) is 24.0 Å². The lowest BCUT2D eigenvalue weighted by molar-refractivity contribution is 0.0938. The highest BCUT2D eigenvalue weighted by molar-refractivity contribution is 5.99. The normalized spacial score (nSPS) is 17.7. The first-order valence-corrected chi connectivity index (χ1v) is 10.2. The first-order chi connectivity index (χ1) is 13.6. The maximum Gasteiger partial charge on any atom is 0.267 e. The third-order valence-electron chi connectivity index (χ3n) is 6.03. The van der Waals surface area contributed by atoms with Gasteiger partial charge in [-0.05, 0) is 55.5 Å². The van der Waals surface area contributed by atoms with Crippen LogP contribution in [0, 0.1) is 6.92 Å². The van der Waals surface area contributed by atoms with E-state index in [-0.39, 0.29) is 5.91 Å². The Morgan fingerprint density at radius 3 is 2.75 bits per heavy atom. The summed E-state index contributed by atoms with van der Waals surface area (Å²) in [5, 5.41) is 4.27. The van der Waals surface area contributed by atoms with E-state index in [1.807, 2.05) is 23.7 Å². The number of amides is 1. The number of carbonyl (C=O) groups excluding carboxylic acids is 1. The van der Waals surface area contributed by atoms with Crippen LogP contribution in [0.1, 0.15) is 40.4 Å². The van der Waals surface area contributed by atoms with Crippen LogP contribution in [0.15, 0.2) is 54.6 Å². The predicted octanol–water partition coefficient (Wildman–Crippen LogP) is 4.10. The standard InChI is InChI=1S/C24H29N3O/c1-18-8-6-12-22-21(18)16-23(26(22)2)24(28)25-13-15-27-14-7-11-20(17-27)19-9-4-3-5-10-19/h3-6,8-10,12,16,20H,7,11,13-15,17H2,1-2H3,(H,25,28). The summed E-state index contributed by atoms with van der Waals surface area (Å²) in [7, 11) is 1.96. The van der Waals surface area contributed by atoms with Crippen LogP contribution in [-0.4, -0.2) is 41.6 Å². The zero-order valence-corrected chi connectivity index (χ0v) is 16.8. The summed E-state index contributed by atoms with van der Waals surface area (Å²) < 4.78 is 1.99. The average Bonchev–Trinajstić information content (AvgIpc) is 3.07. The lowest BCUT2D eigenvalue weighted by Crippen LogP contribution is -2.40. The van der Waals surface area contributed by atoms with Crippen LogP contribution in [0.4, 0.5) is 0 Å². The Kier molecular flexibility index (Phi) is 5.49. The molecule has 4 rings (SSSR count). The molecular formula is C24H29N3O. The molecule has 1 saturated heterocycles. The lowest BCUT2D eigenvalue weighted by atomic mass is 9.91. The van der Waals surface area contributed by atoms with Gasteiger partial charge in [0, 0.05) is 37.6 Å². The third kappa shape index (κ3) is 3.83. The molecule has 2 aromatic carbocycles. The fraction of sp³-hybridized carbons (Fsp3) is 0.375. The van der Waals surface area contributed by atoms with Gasteiger partial charge in [0.1, 0.15) is 5.69 Å². The molecule has 1 unspecified atom stereocenters. The van der Waals surface area contributed by atoms with Gasteiger partial charge in [0.15, 0.2) is 0 Å². The van der Waals surface area contributed by atoms with Gasteiger partial charge in [0.05, 0.1) is 0 Å². The number of benzene rings is 2. The number of rotatable bonds is 5. The summed E-state index contributed by atoms with van der Waals surface area (Å²) in [4.78, 5) is 15.2. The smallest absolute Gasteiger partial charge is 0.267 e. The minimum atomic E-state index is 0.00900. The summed E-state index contributed by atoms with van der Waals surface area (Å²) in [5.41, 5.74) is 4.46. The Labute approximate surface area is 167 Å². The Balaban J connectivity index is 1.34. The van der Waals surface area contributed by atoms with E-state index in [4.69, 9.17) is 0 Å². The number of fused-ring (bicyclic) bond motifs is 1. The van der Waals surface area contributed by atoms with Crippen molar-refractivity contribution in [3.8, 4) is 0 Å². The first-order valence-electron chi connectivity index (χ1n) is 10.2. The number of piperidine rings is 1. The van der Waals surface area contributed by atoms with Gasteiger partial charge in [-0.3, -0.25) is 4.79 Å². The van der Waals surface area contributed by atoms with E-state index in [1.54, 1.807) is 0 Å². The lowest BCUT2D eigenvalue weighted by Gasteiger charge is -2.33. The summed E-state index contributed by atoms with van der Waals surface area (Å²) >= 11 is 0. The molecule has 4 nitrogen and oxygen atoms in total. The molecule has 4 heteroatoms. The first kappa shape index (κ1) is 18.8. The van der Waals surface area contributed by atoms with E-state index in [0.29, 0.717) is 12.5 Å². The second kappa shape index (κ2) is 8.19. The van der Waals surface area contributed by atoms with Gasteiger partial charge in [-0.2, -0.15) is 0 Å². The van der Waals surface area contributed by atoms with E-state index in [9.17, 15) is 4.79 Å². The number of nitrogens with zero attached hydrogens (tertiary/aromatic N) is 2. The molecule has 1 aromatic heterocycles. The van der Waals surface area contributed by atoms with Crippen molar-refractivity contribution in [1.29, 1.82) is 0 Å². The molecule has 0 radical (unpaired) electrons. The molecule has 28 heavy (non-hydrogen) atoms. The van der Waals surface area contributed by atoms with Crippen molar-refractivity contribution in [2.24, 2.45) is 7.05 Å². The number of hydrogen-bond donors (Lipinski definition) is 1. The second-order valence-corrected chi connectivity index (χ2v) is 7.90. The molecular weight excluding hydrogens is 346 g/mol. The minimum absolute atomic E-state index is 0.00900. The number of hydrogen-bond acceptors (Lipinski definition) is 2. The van der Waals surface area contributed by atoms with E-state index in [2.05, 4.69) is 59.6 Å². The Morgan fingerprint density at radius 1 is 1.14 bits per heavy atom. The van der Waals surface area contributed by atoms with Crippen molar-refractivity contribution in [1.82, 2.24) is 14.8 Å². The average molecular weight is 376 g/mol. The highest BCUT2D eigenvalue weighted by Gasteiger charge is 2.21. The highest BCUT2D eigenvalue weighted by atomic mass is 16.1. The summed E-state index contributed by atoms with van der Waals surface area (Å²) in [5.74, 6) is 0.613. The summed E-state index contributed by atoms with van der Waals surface area (Å²) in [6.45, 7) is 5.86. The van der Waals surface area contributed by atoms with Crippen LogP contribution in [0.5, 0.6) is 0 Å². The maximum absolute atomic E-state index is 12.7. The third-order valence-corrected chi connectivity index (χ3v) is 6.03. The summed E-state index contributed by atoms with van der Waals surface area (Å²) in [6.07, 6.45) is 2.47. The summed E-state index contributed by atoms with van der Waals surface area (Å²) in [6, 6.07) is 19.0.